The lowest BCUT2D eigenvalue weighted by Gasteiger charge is -1.97. The molecule has 0 amide bonds. The maximum absolute atomic E-state index is 13.3. The second kappa shape index (κ2) is 3.27. The highest BCUT2D eigenvalue weighted by atomic mass is 35.5. The van der Waals surface area contributed by atoms with Crippen molar-refractivity contribution < 1.29 is 4.39 Å². The van der Waals surface area contributed by atoms with E-state index >= 15 is 0 Å². The van der Waals surface area contributed by atoms with E-state index in [2.05, 4.69) is 15.0 Å². The zero-order valence-corrected chi connectivity index (χ0v) is 9.42. The summed E-state index contributed by atoms with van der Waals surface area (Å²) in [6.07, 6.45) is 1.20. The van der Waals surface area contributed by atoms with Crippen molar-refractivity contribution in [2.75, 3.05) is 0 Å². The van der Waals surface area contributed by atoms with Crippen LogP contribution in [0.3, 0.4) is 0 Å². The van der Waals surface area contributed by atoms with Crippen molar-refractivity contribution >= 4 is 28.4 Å². The van der Waals surface area contributed by atoms with Crippen molar-refractivity contribution in [3.8, 4) is 0 Å². The van der Waals surface area contributed by atoms with Gasteiger partial charge in [0.15, 0.2) is 16.8 Å². The van der Waals surface area contributed by atoms with Gasteiger partial charge in [-0.25, -0.2) is 14.4 Å². The first-order chi connectivity index (χ1) is 8.06. The highest BCUT2D eigenvalue weighted by Gasteiger charge is 2.13. The Morgan fingerprint density at radius 2 is 2.18 bits per heavy atom. The summed E-state index contributed by atoms with van der Waals surface area (Å²) in [4.78, 5) is 22.4. The van der Waals surface area contributed by atoms with E-state index in [9.17, 15) is 9.18 Å². The fraction of sp³-hybridized carbons (Fsp3) is 0.100. The minimum absolute atomic E-state index is 0.139. The van der Waals surface area contributed by atoms with Gasteiger partial charge in [-0.15, -0.1) is 0 Å². The van der Waals surface area contributed by atoms with Crippen molar-refractivity contribution in [1.29, 1.82) is 0 Å². The first-order valence-electron chi connectivity index (χ1n) is 4.80. The van der Waals surface area contributed by atoms with E-state index in [1.807, 2.05) is 0 Å². The van der Waals surface area contributed by atoms with Crippen LogP contribution in [0.5, 0.6) is 0 Å². The second-order valence-electron chi connectivity index (χ2n) is 3.64. The molecule has 0 saturated carbocycles. The number of aryl methyl sites for hydroxylation is 1. The summed E-state index contributed by atoms with van der Waals surface area (Å²) < 4.78 is 14.6. The summed E-state index contributed by atoms with van der Waals surface area (Å²) in [5, 5.41) is 0.139. The van der Waals surface area contributed by atoms with Gasteiger partial charge in [0, 0.05) is 6.20 Å². The van der Waals surface area contributed by atoms with Crippen molar-refractivity contribution in [1.82, 2.24) is 19.4 Å². The number of nitrogens with one attached hydrogen (secondary N) is 1. The number of hydrogen-bond donors (Lipinski definition) is 1. The molecule has 0 aromatic carbocycles. The smallest absolute Gasteiger partial charge is 0.279 e. The third kappa shape index (κ3) is 1.41. The molecular formula is C10H6ClFN4O. The second-order valence-corrected chi connectivity index (χ2v) is 4.04. The van der Waals surface area contributed by atoms with E-state index in [1.54, 1.807) is 6.92 Å². The standard InChI is InChI=1S/C10H6ClFN4O/c1-4-13-9-7(10(17)14-4)15-8-6(11)2-5(12)3-16(8)9/h2-3H,1H3,(H,13,14,17). The number of aromatic amines is 1. The Bertz CT molecular complexity index is 807. The van der Waals surface area contributed by atoms with Crippen molar-refractivity contribution in [3.05, 3.63) is 39.3 Å². The summed E-state index contributed by atoms with van der Waals surface area (Å²) in [5.41, 5.74) is 0.380. The zero-order chi connectivity index (χ0) is 12.2. The Morgan fingerprint density at radius 3 is 2.94 bits per heavy atom. The summed E-state index contributed by atoms with van der Waals surface area (Å²) >= 11 is 5.86. The molecule has 0 saturated heterocycles. The van der Waals surface area contributed by atoms with Gasteiger partial charge in [-0.05, 0) is 13.0 Å². The molecule has 0 aliphatic rings. The Kier molecular flexibility index (Phi) is 1.97. The van der Waals surface area contributed by atoms with Crippen LogP contribution in [0.15, 0.2) is 17.1 Å². The van der Waals surface area contributed by atoms with E-state index < -0.39 is 5.82 Å². The van der Waals surface area contributed by atoms with Crippen LogP contribution >= 0.6 is 11.6 Å². The molecule has 0 unspecified atom stereocenters. The topological polar surface area (TPSA) is 63.1 Å². The molecule has 0 spiro atoms. The van der Waals surface area contributed by atoms with E-state index in [4.69, 9.17) is 11.6 Å². The van der Waals surface area contributed by atoms with Gasteiger partial charge in [0.05, 0.1) is 5.02 Å². The molecule has 0 atom stereocenters. The Labute approximate surface area is 98.9 Å². The zero-order valence-electron chi connectivity index (χ0n) is 8.66. The maximum Gasteiger partial charge on any atom is 0.279 e. The van der Waals surface area contributed by atoms with Gasteiger partial charge in [-0.3, -0.25) is 9.20 Å². The molecule has 17 heavy (non-hydrogen) atoms. The molecule has 3 aromatic rings. The quantitative estimate of drug-likeness (QED) is 0.662. The first-order valence-corrected chi connectivity index (χ1v) is 5.18. The number of pyridine rings is 1. The molecular weight excluding hydrogens is 247 g/mol. The van der Waals surface area contributed by atoms with Crippen molar-refractivity contribution in [2.24, 2.45) is 0 Å². The van der Waals surface area contributed by atoms with E-state index in [-0.39, 0.29) is 16.1 Å². The molecule has 3 aromatic heterocycles. The molecule has 0 fully saturated rings. The minimum Gasteiger partial charge on any atom is -0.309 e. The van der Waals surface area contributed by atoms with Crippen LogP contribution in [0.4, 0.5) is 4.39 Å². The number of imidazole rings is 1. The van der Waals surface area contributed by atoms with Gasteiger partial charge in [0.25, 0.3) is 5.56 Å². The van der Waals surface area contributed by atoms with Gasteiger partial charge in [0.1, 0.15) is 11.6 Å². The molecule has 0 aliphatic heterocycles. The number of halogens is 2. The maximum atomic E-state index is 13.3. The predicted molar refractivity (Wildman–Crippen MR) is 60.8 cm³/mol. The average molecular weight is 253 g/mol. The number of nitrogens with zero attached hydrogens (tertiary/aromatic N) is 3. The van der Waals surface area contributed by atoms with Crippen molar-refractivity contribution in [2.45, 2.75) is 6.92 Å². The van der Waals surface area contributed by atoms with Gasteiger partial charge in [-0.2, -0.15) is 0 Å². The Hall–Kier alpha value is -1.95. The molecule has 0 bridgehead atoms. The molecule has 0 radical (unpaired) electrons. The third-order valence-corrected chi connectivity index (χ3v) is 2.68. The van der Waals surface area contributed by atoms with E-state index in [0.29, 0.717) is 17.1 Å². The lowest BCUT2D eigenvalue weighted by atomic mass is 10.4. The van der Waals surface area contributed by atoms with E-state index in [0.717, 1.165) is 6.07 Å². The van der Waals surface area contributed by atoms with Gasteiger partial charge >= 0.3 is 0 Å². The van der Waals surface area contributed by atoms with Gasteiger partial charge < -0.3 is 4.98 Å². The van der Waals surface area contributed by atoms with E-state index in [1.165, 1.54) is 10.6 Å². The number of H-pyrrole nitrogens is 1. The Balaban J connectivity index is 2.65. The third-order valence-electron chi connectivity index (χ3n) is 2.40. The van der Waals surface area contributed by atoms with Crippen molar-refractivity contribution in [3.63, 3.8) is 0 Å². The fourth-order valence-corrected chi connectivity index (χ4v) is 1.97. The lowest BCUT2D eigenvalue weighted by Crippen LogP contribution is -2.09. The predicted octanol–water partition coefficient (Wildman–Crippen LogP) is 1.67. The number of hydrogen-bond acceptors (Lipinski definition) is 3. The van der Waals surface area contributed by atoms with Crippen LogP contribution in [0.2, 0.25) is 5.02 Å². The minimum atomic E-state index is -0.512. The molecule has 5 nitrogen and oxygen atoms in total. The monoisotopic (exact) mass is 252 g/mol. The van der Waals surface area contributed by atoms with Crippen LogP contribution in [-0.4, -0.2) is 19.4 Å². The number of rotatable bonds is 0. The lowest BCUT2D eigenvalue weighted by molar-refractivity contribution is 0.620. The summed E-state index contributed by atoms with van der Waals surface area (Å²) in [6.45, 7) is 1.64. The highest BCUT2D eigenvalue weighted by Crippen LogP contribution is 2.20. The average Bonchev–Trinajstić information content (AvgIpc) is 2.58. The summed E-state index contributed by atoms with van der Waals surface area (Å²) in [6, 6.07) is 1.14. The van der Waals surface area contributed by atoms with Crippen LogP contribution in [-0.2, 0) is 0 Å². The molecule has 7 heteroatoms. The largest absolute Gasteiger partial charge is 0.309 e. The molecule has 0 aliphatic carbocycles. The molecule has 3 rings (SSSR count). The number of fused-ring (bicyclic) bond motifs is 3. The normalized spacial score (nSPS) is 11.5. The summed E-state index contributed by atoms with van der Waals surface area (Å²) in [7, 11) is 0. The number of aromatic nitrogens is 4. The van der Waals surface area contributed by atoms with Crippen LogP contribution in [0.25, 0.3) is 16.8 Å². The molecule has 1 N–H and O–H groups in total. The van der Waals surface area contributed by atoms with Crippen LogP contribution in [0, 0.1) is 12.7 Å². The summed E-state index contributed by atoms with van der Waals surface area (Å²) in [5.74, 6) is -0.0776. The van der Waals surface area contributed by atoms with Gasteiger partial charge in [-0.1, -0.05) is 11.6 Å². The SMILES string of the molecule is Cc1nc2c(nc3c(Cl)cc(F)cn32)c(=O)[nH]1. The Morgan fingerprint density at radius 1 is 1.41 bits per heavy atom. The van der Waals surface area contributed by atoms with Crippen LogP contribution < -0.4 is 5.56 Å². The first kappa shape index (κ1) is 10.2. The fourth-order valence-electron chi connectivity index (χ4n) is 1.73. The van der Waals surface area contributed by atoms with Crippen LogP contribution in [0.1, 0.15) is 5.82 Å². The molecule has 86 valence electrons. The highest BCUT2D eigenvalue weighted by molar-refractivity contribution is 6.33. The van der Waals surface area contributed by atoms with Gasteiger partial charge in [0.2, 0.25) is 0 Å². The molecule has 3 heterocycles.